The standard InChI is InChI=1S/C33H39N3O12/c1-33(2,3)48-32(46)36-21(12-18-6-9-24(38)27(41)15-18)30(44)34-20(11-17-5-8-23(37)26(40)14-17)29(43)35-22(31(45)47-4)13-19-7-10-25(39)28(42)16-19/h5-10,14-16,20-22,37-42H,11-13H2,1-4H3,(H,34,44)(H,35,43)(H,36,46)/t20-,21-,22-/m0/s1. The molecule has 0 aliphatic rings. The topological polar surface area (TPSA) is 244 Å². The maximum absolute atomic E-state index is 13.8. The molecule has 258 valence electrons. The maximum atomic E-state index is 13.8. The van der Waals surface area contributed by atoms with Crippen LogP contribution in [0.5, 0.6) is 34.5 Å². The molecule has 15 nitrogen and oxygen atoms in total. The molecule has 0 fully saturated rings. The first kappa shape index (κ1) is 36.6. The second kappa shape index (κ2) is 15.6. The average molecular weight is 670 g/mol. The van der Waals surface area contributed by atoms with Crippen molar-refractivity contribution in [3.63, 3.8) is 0 Å². The van der Waals surface area contributed by atoms with Crippen molar-refractivity contribution in [1.82, 2.24) is 16.0 Å². The number of alkyl carbamates (subject to hydrolysis) is 1. The zero-order valence-corrected chi connectivity index (χ0v) is 26.7. The molecule has 3 atom stereocenters. The molecular formula is C33H39N3O12. The van der Waals surface area contributed by atoms with Gasteiger partial charge in [0.15, 0.2) is 34.5 Å². The predicted octanol–water partition coefficient (Wildman–Crippen LogP) is 1.98. The lowest BCUT2D eigenvalue weighted by molar-refractivity contribution is -0.145. The molecule has 0 aliphatic carbocycles. The summed E-state index contributed by atoms with van der Waals surface area (Å²) in [6.45, 7) is 4.85. The molecule has 3 amide bonds. The summed E-state index contributed by atoms with van der Waals surface area (Å²) >= 11 is 0. The molecule has 0 bridgehead atoms. The van der Waals surface area contributed by atoms with Crippen LogP contribution in [0.1, 0.15) is 37.5 Å². The van der Waals surface area contributed by atoms with Crippen LogP contribution in [0.15, 0.2) is 54.6 Å². The number of rotatable bonds is 12. The highest BCUT2D eigenvalue weighted by Gasteiger charge is 2.32. The van der Waals surface area contributed by atoms with E-state index in [1.165, 1.54) is 54.6 Å². The molecule has 0 heterocycles. The highest BCUT2D eigenvalue weighted by molar-refractivity contribution is 5.93. The Morgan fingerprint density at radius 3 is 1.29 bits per heavy atom. The summed E-state index contributed by atoms with van der Waals surface area (Å²) in [5.41, 5.74) is 0.0455. The highest BCUT2D eigenvalue weighted by Crippen LogP contribution is 2.28. The van der Waals surface area contributed by atoms with Gasteiger partial charge in [-0.15, -0.1) is 0 Å². The first-order chi connectivity index (χ1) is 22.4. The van der Waals surface area contributed by atoms with E-state index < -0.39 is 82.1 Å². The van der Waals surface area contributed by atoms with Crippen LogP contribution in [0, 0.1) is 0 Å². The van der Waals surface area contributed by atoms with Crippen LogP contribution >= 0.6 is 0 Å². The largest absolute Gasteiger partial charge is 0.504 e. The van der Waals surface area contributed by atoms with E-state index >= 15 is 0 Å². The minimum absolute atomic E-state index is 0.180. The van der Waals surface area contributed by atoms with E-state index in [4.69, 9.17) is 9.47 Å². The maximum Gasteiger partial charge on any atom is 0.408 e. The number of carbonyl (C=O) groups is 4. The smallest absolute Gasteiger partial charge is 0.408 e. The van der Waals surface area contributed by atoms with Gasteiger partial charge >= 0.3 is 12.1 Å². The van der Waals surface area contributed by atoms with E-state index in [2.05, 4.69) is 16.0 Å². The van der Waals surface area contributed by atoms with Crippen molar-refractivity contribution in [2.75, 3.05) is 7.11 Å². The van der Waals surface area contributed by atoms with Gasteiger partial charge in [0, 0.05) is 19.3 Å². The molecule has 3 aromatic rings. The predicted molar refractivity (Wildman–Crippen MR) is 169 cm³/mol. The molecule has 0 aromatic heterocycles. The molecule has 3 aromatic carbocycles. The monoisotopic (exact) mass is 669 g/mol. The first-order valence-electron chi connectivity index (χ1n) is 14.7. The minimum Gasteiger partial charge on any atom is -0.504 e. The third-order valence-electron chi connectivity index (χ3n) is 6.88. The Kier molecular flexibility index (Phi) is 11.9. The molecule has 0 saturated carbocycles. The summed E-state index contributed by atoms with van der Waals surface area (Å²) in [6.07, 6.45) is -1.63. The number of hydrogen-bond acceptors (Lipinski definition) is 12. The zero-order chi connectivity index (χ0) is 35.8. The fourth-order valence-electron chi connectivity index (χ4n) is 4.54. The number of phenols is 6. The SMILES string of the molecule is COC(=O)[C@H](Cc1ccc(O)c(O)c1)NC(=O)[C@H](Cc1ccc(O)c(O)c1)NC(=O)[C@H](Cc1ccc(O)c(O)c1)NC(=O)OC(C)(C)C. The van der Waals surface area contributed by atoms with Crippen molar-refractivity contribution in [2.24, 2.45) is 0 Å². The lowest BCUT2D eigenvalue weighted by Crippen LogP contribution is -2.57. The molecule has 9 N–H and O–H groups in total. The highest BCUT2D eigenvalue weighted by atomic mass is 16.6. The number of amides is 3. The van der Waals surface area contributed by atoms with Gasteiger partial charge in [-0.25, -0.2) is 9.59 Å². The third-order valence-corrected chi connectivity index (χ3v) is 6.88. The molecule has 0 spiro atoms. The van der Waals surface area contributed by atoms with Crippen molar-refractivity contribution < 1.29 is 59.3 Å². The summed E-state index contributed by atoms with van der Waals surface area (Å²) in [4.78, 5) is 52.9. The van der Waals surface area contributed by atoms with Crippen molar-refractivity contribution in [3.8, 4) is 34.5 Å². The van der Waals surface area contributed by atoms with Gasteiger partial charge in [-0.2, -0.15) is 0 Å². The summed E-state index contributed by atoms with van der Waals surface area (Å²) in [6, 6.07) is 7.22. The van der Waals surface area contributed by atoms with Gasteiger partial charge in [-0.1, -0.05) is 18.2 Å². The van der Waals surface area contributed by atoms with Gasteiger partial charge in [0.05, 0.1) is 7.11 Å². The number of ether oxygens (including phenoxy) is 2. The molecule has 48 heavy (non-hydrogen) atoms. The molecule has 0 aliphatic heterocycles. The summed E-state index contributed by atoms with van der Waals surface area (Å²) in [7, 11) is 1.10. The zero-order valence-electron chi connectivity index (χ0n) is 26.7. The van der Waals surface area contributed by atoms with E-state index in [-0.39, 0.29) is 19.3 Å². The normalized spacial score (nSPS) is 13.0. The van der Waals surface area contributed by atoms with E-state index in [0.29, 0.717) is 16.7 Å². The Bertz CT molecular complexity index is 1650. The number of aromatic hydroxyl groups is 6. The lowest BCUT2D eigenvalue weighted by atomic mass is 10.0. The molecule has 15 heteroatoms. The molecule has 0 radical (unpaired) electrons. The molecule has 0 unspecified atom stereocenters. The van der Waals surface area contributed by atoms with Crippen LogP contribution in [-0.4, -0.2) is 85.4 Å². The van der Waals surface area contributed by atoms with Gasteiger partial charge in [0.25, 0.3) is 0 Å². The van der Waals surface area contributed by atoms with Crippen molar-refractivity contribution >= 4 is 23.9 Å². The van der Waals surface area contributed by atoms with Crippen molar-refractivity contribution in [1.29, 1.82) is 0 Å². The third kappa shape index (κ3) is 10.6. The summed E-state index contributed by atoms with van der Waals surface area (Å²) in [5, 5.41) is 66.5. The first-order valence-corrected chi connectivity index (χ1v) is 14.7. The van der Waals surface area contributed by atoms with Gasteiger partial charge in [-0.3, -0.25) is 9.59 Å². The van der Waals surface area contributed by atoms with E-state index in [0.717, 1.165) is 7.11 Å². The van der Waals surface area contributed by atoms with Crippen molar-refractivity contribution in [2.45, 2.75) is 63.8 Å². The van der Waals surface area contributed by atoms with E-state index in [9.17, 15) is 49.8 Å². The van der Waals surface area contributed by atoms with Gasteiger partial charge in [-0.05, 0) is 73.9 Å². The number of benzene rings is 3. The van der Waals surface area contributed by atoms with Gasteiger partial charge < -0.3 is 56.1 Å². The number of phenolic OH excluding ortho intramolecular Hbond substituents is 6. The number of esters is 1. The van der Waals surface area contributed by atoms with Gasteiger partial charge in [0.1, 0.15) is 23.7 Å². The average Bonchev–Trinajstić information content (AvgIpc) is 3.00. The molecule has 0 saturated heterocycles. The van der Waals surface area contributed by atoms with Crippen LogP contribution < -0.4 is 16.0 Å². The molecule has 3 rings (SSSR count). The second-order valence-corrected chi connectivity index (χ2v) is 11.9. The minimum atomic E-state index is -1.45. The summed E-state index contributed by atoms with van der Waals surface area (Å²) in [5.74, 6) is -5.26. The van der Waals surface area contributed by atoms with Gasteiger partial charge in [0.2, 0.25) is 11.8 Å². The van der Waals surface area contributed by atoms with Crippen LogP contribution in [0.3, 0.4) is 0 Å². The molecular weight excluding hydrogens is 630 g/mol. The lowest BCUT2D eigenvalue weighted by Gasteiger charge is -2.26. The number of hydrogen-bond donors (Lipinski definition) is 9. The Morgan fingerprint density at radius 2 is 0.938 bits per heavy atom. The Balaban J connectivity index is 1.94. The van der Waals surface area contributed by atoms with Crippen LogP contribution in [0.4, 0.5) is 4.79 Å². The van der Waals surface area contributed by atoms with Crippen LogP contribution in [0.25, 0.3) is 0 Å². The Hall–Kier alpha value is -5.86. The summed E-state index contributed by atoms with van der Waals surface area (Å²) < 4.78 is 10.1. The van der Waals surface area contributed by atoms with Crippen molar-refractivity contribution in [3.05, 3.63) is 71.3 Å². The van der Waals surface area contributed by atoms with Crippen LogP contribution in [-0.2, 0) is 43.1 Å². The fourth-order valence-corrected chi connectivity index (χ4v) is 4.54. The quantitative estimate of drug-likeness (QED) is 0.0993. The Labute approximate surface area is 275 Å². The number of methoxy groups -OCH3 is 1. The Morgan fingerprint density at radius 1 is 0.583 bits per heavy atom. The van der Waals surface area contributed by atoms with E-state index in [1.54, 1.807) is 20.8 Å². The van der Waals surface area contributed by atoms with E-state index in [1.807, 2.05) is 0 Å². The number of nitrogens with one attached hydrogen (secondary N) is 3. The second-order valence-electron chi connectivity index (χ2n) is 11.9. The fraction of sp³-hybridized carbons (Fsp3) is 0.333. The van der Waals surface area contributed by atoms with Crippen LogP contribution in [0.2, 0.25) is 0 Å². The number of carbonyl (C=O) groups excluding carboxylic acids is 4.